The normalized spacial score (nSPS) is 21.3. The molecule has 0 spiro atoms. The molecule has 3 amide bonds. The lowest BCUT2D eigenvalue weighted by molar-refractivity contribution is -0.143. The average Bonchev–Trinajstić information content (AvgIpc) is 3.08. The molecule has 1 aromatic heterocycles. The Bertz CT molecular complexity index is 1070. The number of pyridine rings is 1. The summed E-state index contributed by atoms with van der Waals surface area (Å²) in [6.45, 7) is 4.26. The van der Waals surface area contributed by atoms with Crippen molar-refractivity contribution >= 4 is 29.3 Å². The summed E-state index contributed by atoms with van der Waals surface area (Å²) < 4.78 is 0. The van der Waals surface area contributed by atoms with Gasteiger partial charge < -0.3 is 9.80 Å². The van der Waals surface area contributed by atoms with Gasteiger partial charge in [0.2, 0.25) is 17.7 Å². The highest BCUT2D eigenvalue weighted by Crippen LogP contribution is 2.43. The molecule has 2 aliphatic rings. The number of rotatable bonds is 8. The highest BCUT2D eigenvalue weighted by molar-refractivity contribution is 6.32. The fourth-order valence-corrected chi connectivity index (χ4v) is 5.21. The van der Waals surface area contributed by atoms with E-state index in [9.17, 15) is 14.4 Å². The van der Waals surface area contributed by atoms with Crippen LogP contribution in [0.1, 0.15) is 24.0 Å². The van der Waals surface area contributed by atoms with Crippen molar-refractivity contribution in [3.63, 3.8) is 0 Å². The van der Waals surface area contributed by atoms with E-state index in [2.05, 4.69) is 9.88 Å². The van der Waals surface area contributed by atoms with Crippen LogP contribution in [-0.4, -0.2) is 95.7 Å². The van der Waals surface area contributed by atoms with E-state index in [0.29, 0.717) is 30.2 Å². The van der Waals surface area contributed by atoms with Gasteiger partial charge in [-0.3, -0.25) is 29.2 Å². The maximum absolute atomic E-state index is 13.7. The third-order valence-corrected chi connectivity index (χ3v) is 7.21. The van der Waals surface area contributed by atoms with E-state index in [1.807, 2.05) is 37.3 Å². The lowest BCUT2D eigenvalue weighted by Crippen LogP contribution is -2.50. The second-order valence-corrected chi connectivity index (χ2v) is 9.99. The van der Waals surface area contributed by atoms with Crippen LogP contribution >= 0.6 is 11.6 Å². The van der Waals surface area contributed by atoms with Crippen molar-refractivity contribution in [2.75, 3.05) is 53.4 Å². The number of nitrogens with zero attached hydrogens (tertiary/aromatic N) is 5. The Labute approximate surface area is 211 Å². The molecule has 1 atom stereocenters. The minimum absolute atomic E-state index is 0.0459. The second-order valence-electron chi connectivity index (χ2n) is 9.59. The molecule has 1 unspecified atom stereocenters. The van der Waals surface area contributed by atoms with Crippen LogP contribution in [0.15, 0.2) is 48.8 Å². The summed E-state index contributed by atoms with van der Waals surface area (Å²) in [5.74, 6) is -0.714. The van der Waals surface area contributed by atoms with Crippen LogP contribution in [0, 0.1) is 0 Å². The molecule has 2 aliphatic heterocycles. The number of likely N-dealkylation sites (tertiary alicyclic amines) is 1. The lowest BCUT2D eigenvalue weighted by atomic mass is 9.75. The van der Waals surface area contributed by atoms with Gasteiger partial charge in [-0.2, -0.15) is 0 Å². The Hall–Kier alpha value is -2.81. The van der Waals surface area contributed by atoms with Crippen molar-refractivity contribution in [1.82, 2.24) is 24.6 Å². The van der Waals surface area contributed by atoms with Gasteiger partial charge in [0.25, 0.3) is 0 Å². The molecule has 0 saturated carbocycles. The Morgan fingerprint density at radius 3 is 2.49 bits per heavy atom. The summed E-state index contributed by atoms with van der Waals surface area (Å²) in [5, 5.41) is 0.400. The Morgan fingerprint density at radius 1 is 1.09 bits per heavy atom. The highest BCUT2D eigenvalue weighted by Gasteiger charge is 2.54. The van der Waals surface area contributed by atoms with Crippen molar-refractivity contribution in [3.8, 4) is 0 Å². The van der Waals surface area contributed by atoms with Crippen molar-refractivity contribution < 1.29 is 14.4 Å². The maximum Gasteiger partial charge on any atom is 0.240 e. The number of carbonyl (C=O) groups is 3. The zero-order chi connectivity index (χ0) is 25.0. The van der Waals surface area contributed by atoms with Crippen molar-refractivity contribution in [3.05, 3.63) is 64.9 Å². The predicted octanol–water partition coefficient (Wildman–Crippen LogP) is 2.03. The van der Waals surface area contributed by atoms with E-state index in [1.165, 1.54) is 4.90 Å². The minimum Gasteiger partial charge on any atom is -0.340 e. The number of benzene rings is 1. The van der Waals surface area contributed by atoms with Gasteiger partial charge in [0.05, 0.1) is 5.41 Å². The first-order valence-corrected chi connectivity index (χ1v) is 12.3. The number of amides is 3. The standard InChI is InChI=1S/C26H32ClN5O3/c1-29(2)10-15-32-24(34)17-26(25(32)35,21-7-3-4-8-22(21)27)16-23(33)31-13-11-30(12-14-31)19-20-6-5-9-28-18-20/h3-9,18H,10-17,19H2,1-2H3. The van der Waals surface area contributed by atoms with Crippen molar-refractivity contribution in [1.29, 1.82) is 0 Å². The van der Waals surface area contributed by atoms with E-state index in [-0.39, 0.29) is 37.1 Å². The smallest absolute Gasteiger partial charge is 0.240 e. The average molecular weight is 498 g/mol. The summed E-state index contributed by atoms with van der Waals surface area (Å²) in [7, 11) is 3.79. The molecule has 8 nitrogen and oxygen atoms in total. The molecule has 1 aromatic carbocycles. The van der Waals surface area contributed by atoms with Gasteiger partial charge in [-0.1, -0.05) is 35.9 Å². The number of carbonyl (C=O) groups excluding carboxylic acids is 3. The Morgan fingerprint density at radius 2 is 1.83 bits per heavy atom. The van der Waals surface area contributed by atoms with Crippen LogP contribution in [-0.2, 0) is 26.3 Å². The third kappa shape index (κ3) is 5.55. The number of hydrogen-bond donors (Lipinski definition) is 0. The number of imide groups is 1. The first-order chi connectivity index (χ1) is 16.8. The predicted molar refractivity (Wildman–Crippen MR) is 134 cm³/mol. The Kier molecular flexibility index (Phi) is 7.84. The number of halogens is 1. The second kappa shape index (κ2) is 10.8. The van der Waals surface area contributed by atoms with Crippen LogP contribution in [0.4, 0.5) is 0 Å². The van der Waals surface area contributed by atoms with Crippen LogP contribution in [0.3, 0.4) is 0 Å². The number of hydrogen-bond acceptors (Lipinski definition) is 6. The molecule has 2 fully saturated rings. The topological polar surface area (TPSA) is 77.1 Å². The van der Waals surface area contributed by atoms with E-state index in [0.717, 1.165) is 25.2 Å². The highest BCUT2D eigenvalue weighted by atomic mass is 35.5. The number of aromatic nitrogens is 1. The van der Waals surface area contributed by atoms with Gasteiger partial charge in [0.15, 0.2) is 0 Å². The van der Waals surface area contributed by atoms with Gasteiger partial charge in [-0.15, -0.1) is 0 Å². The van der Waals surface area contributed by atoms with Crippen molar-refractivity contribution in [2.45, 2.75) is 24.8 Å². The molecule has 0 radical (unpaired) electrons. The van der Waals surface area contributed by atoms with Crippen LogP contribution in [0.25, 0.3) is 0 Å². The molecular formula is C26H32ClN5O3. The summed E-state index contributed by atoms with van der Waals surface area (Å²) >= 11 is 6.52. The van der Waals surface area contributed by atoms with E-state index in [1.54, 1.807) is 35.4 Å². The molecule has 2 saturated heterocycles. The van der Waals surface area contributed by atoms with E-state index >= 15 is 0 Å². The summed E-state index contributed by atoms with van der Waals surface area (Å²) in [6, 6.07) is 11.0. The molecule has 2 aromatic rings. The van der Waals surface area contributed by atoms with Crippen LogP contribution < -0.4 is 0 Å². The van der Waals surface area contributed by atoms with Crippen LogP contribution in [0.5, 0.6) is 0 Å². The SMILES string of the molecule is CN(C)CCN1C(=O)CC(CC(=O)N2CCN(Cc3cccnc3)CC2)(c2ccccc2Cl)C1=O. The fraction of sp³-hybridized carbons (Fsp3) is 0.462. The van der Waals surface area contributed by atoms with Gasteiger partial charge in [0.1, 0.15) is 0 Å². The van der Waals surface area contributed by atoms with Gasteiger partial charge in [-0.05, 0) is 37.4 Å². The molecule has 0 N–H and O–H groups in total. The van der Waals surface area contributed by atoms with Crippen molar-refractivity contribution in [2.24, 2.45) is 0 Å². The van der Waals surface area contributed by atoms with Crippen LogP contribution in [0.2, 0.25) is 5.02 Å². The largest absolute Gasteiger partial charge is 0.340 e. The van der Waals surface area contributed by atoms with Gasteiger partial charge >= 0.3 is 0 Å². The fourth-order valence-electron chi connectivity index (χ4n) is 4.90. The zero-order valence-electron chi connectivity index (χ0n) is 20.3. The lowest BCUT2D eigenvalue weighted by Gasteiger charge is -2.37. The summed E-state index contributed by atoms with van der Waals surface area (Å²) in [5.41, 5.74) is 0.417. The first-order valence-electron chi connectivity index (χ1n) is 11.9. The quantitative estimate of drug-likeness (QED) is 0.519. The Balaban J connectivity index is 1.49. The third-order valence-electron chi connectivity index (χ3n) is 6.88. The number of piperazine rings is 1. The molecule has 0 bridgehead atoms. The molecule has 9 heteroatoms. The maximum atomic E-state index is 13.7. The van der Waals surface area contributed by atoms with E-state index in [4.69, 9.17) is 11.6 Å². The molecule has 4 rings (SSSR count). The van der Waals surface area contributed by atoms with Gasteiger partial charge in [-0.25, -0.2) is 0 Å². The molecule has 3 heterocycles. The first kappa shape index (κ1) is 25.3. The van der Waals surface area contributed by atoms with Gasteiger partial charge in [0, 0.05) is 76.1 Å². The molecule has 186 valence electrons. The summed E-state index contributed by atoms with van der Waals surface area (Å²) in [4.78, 5) is 51.7. The minimum atomic E-state index is -1.27. The summed E-state index contributed by atoms with van der Waals surface area (Å²) in [6.07, 6.45) is 3.50. The monoisotopic (exact) mass is 497 g/mol. The zero-order valence-corrected chi connectivity index (χ0v) is 21.1. The molecule has 35 heavy (non-hydrogen) atoms. The molecular weight excluding hydrogens is 466 g/mol. The number of likely N-dealkylation sites (N-methyl/N-ethyl adjacent to an activating group) is 1. The molecule has 0 aliphatic carbocycles. The van der Waals surface area contributed by atoms with E-state index < -0.39 is 5.41 Å².